The first kappa shape index (κ1) is 27.3. The average Bonchev–Trinajstić information content (AvgIpc) is 3.37. The second-order valence-electron chi connectivity index (χ2n) is 9.59. The van der Waals surface area contributed by atoms with Crippen LogP contribution < -0.4 is 10.5 Å². The minimum atomic E-state index is -0.858. The lowest BCUT2D eigenvalue weighted by molar-refractivity contribution is -0.0366. The Bertz CT molecular complexity index is 1510. The van der Waals surface area contributed by atoms with Crippen LogP contribution in [0.2, 0.25) is 0 Å². The Labute approximate surface area is 231 Å². The summed E-state index contributed by atoms with van der Waals surface area (Å²) in [5.74, 6) is -0.687. The van der Waals surface area contributed by atoms with Gasteiger partial charge in [0.05, 0.1) is 11.7 Å². The van der Waals surface area contributed by atoms with Gasteiger partial charge in [-0.25, -0.2) is 18.3 Å². The molecule has 1 aliphatic heterocycles. The lowest BCUT2D eigenvalue weighted by Crippen LogP contribution is -2.18. The predicted molar refractivity (Wildman–Crippen MR) is 149 cm³/mol. The van der Waals surface area contributed by atoms with Crippen LogP contribution in [0.15, 0.2) is 66.9 Å². The van der Waals surface area contributed by atoms with E-state index in [1.54, 1.807) is 12.1 Å². The first-order valence-electron chi connectivity index (χ1n) is 13.4. The summed E-state index contributed by atoms with van der Waals surface area (Å²) in [6, 6.07) is 17.1. The zero-order valence-electron chi connectivity index (χ0n) is 22.2. The molecule has 3 aromatic carbocycles. The van der Waals surface area contributed by atoms with E-state index in [1.165, 1.54) is 12.1 Å². The second kappa shape index (κ2) is 12.3. The summed E-state index contributed by atoms with van der Waals surface area (Å²) in [5, 5.41) is 5.56. The zero-order chi connectivity index (χ0) is 28.1. The molecule has 1 aliphatic rings. The summed E-state index contributed by atoms with van der Waals surface area (Å²) in [6.45, 7) is 2.87. The molecule has 1 saturated heterocycles. The topological polar surface area (TPSA) is 88.6 Å². The number of halogens is 2. The predicted octanol–water partition coefficient (Wildman–Crippen LogP) is 6.86. The highest BCUT2D eigenvalue weighted by Crippen LogP contribution is 2.37. The molecule has 2 N–H and O–H groups in total. The number of ether oxygens (including phenoxy) is 3. The van der Waals surface area contributed by atoms with Gasteiger partial charge in [-0.15, -0.1) is 0 Å². The van der Waals surface area contributed by atoms with Crippen molar-refractivity contribution in [1.29, 1.82) is 0 Å². The van der Waals surface area contributed by atoms with Gasteiger partial charge in [-0.1, -0.05) is 25.1 Å². The zero-order valence-corrected chi connectivity index (χ0v) is 22.2. The highest BCUT2D eigenvalue weighted by Gasteiger charge is 2.20. The first-order chi connectivity index (χ1) is 19.4. The third-order valence-electron chi connectivity index (χ3n) is 6.92. The third kappa shape index (κ3) is 6.15. The standard InChI is InChI=1S/C31H31F2N3O4/c1-2-27(22-16-24(32)18-25(33)17-22)30(20-6-9-26(10-7-20)38-13-14-40-31(34)37)21-8-11-28-23(15-21)19-35-36(28)29-5-3-4-12-39-29/h6-11,15-19,29H,2-5,12-14H2,1H3,(H2,34,37). The molecule has 0 aliphatic carbocycles. The van der Waals surface area contributed by atoms with Crippen LogP contribution in [0, 0.1) is 11.6 Å². The molecule has 1 unspecified atom stereocenters. The minimum Gasteiger partial charge on any atom is -0.490 e. The number of primary amides is 1. The van der Waals surface area contributed by atoms with Crippen LogP contribution in [0.25, 0.3) is 22.0 Å². The van der Waals surface area contributed by atoms with Crippen molar-refractivity contribution in [1.82, 2.24) is 9.78 Å². The number of fused-ring (bicyclic) bond motifs is 1. The molecule has 0 bridgehead atoms. The van der Waals surface area contributed by atoms with Crippen LogP contribution in [-0.4, -0.2) is 35.7 Å². The van der Waals surface area contributed by atoms with Crippen molar-refractivity contribution in [2.75, 3.05) is 19.8 Å². The molecule has 0 saturated carbocycles. The average molecular weight is 548 g/mol. The highest BCUT2D eigenvalue weighted by molar-refractivity contribution is 6.00. The van der Waals surface area contributed by atoms with E-state index in [1.807, 2.05) is 48.1 Å². The van der Waals surface area contributed by atoms with Gasteiger partial charge in [0, 0.05) is 18.1 Å². The third-order valence-corrected chi connectivity index (χ3v) is 6.92. The fourth-order valence-electron chi connectivity index (χ4n) is 5.14. The lowest BCUT2D eigenvalue weighted by atomic mass is 9.87. The quantitative estimate of drug-likeness (QED) is 0.183. The summed E-state index contributed by atoms with van der Waals surface area (Å²) < 4.78 is 46.8. The normalized spacial score (nSPS) is 16.0. The Hall–Kier alpha value is -4.24. The molecular weight excluding hydrogens is 516 g/mol. The van der Waals surface area contributed by atoms with Gasteiger partial charge < -0.3 is 19.9 Å². The molecular formula is C31H31F2N3O4. The molecule has 7 nitrogen and oxygen atoms in total. The molecule has 2 heterocycles. The summed E-state index contributed by atoms with van der Waals surface area (Å²) in [4.78, 5) is 10.8. The molecule has 9 heteroatoms. The molecule has 1 atom stereocenters. The van der Waals surface area contributed by atoms with Gasteiger partial charge in [-0.2, -0.15) is 5.10 Å². The SMILES string of the molecule is CCC(=C(c1ccc(OCCOC(N)=O)cc1)c1ccc2c(cnn2C2CCCCO2)c1)c1cc(F)cc(F)c1. The molecule has 208 valence electrons. The number of allylic oxidation sites excluding steroid dienone is 1. The number of amides is 1. The number of nitrogens with two attached hydrogens (primary N) is 1. The number of benzene rings is 3. The van der Waals surface area contributed by atoms with Crippen LogP contribution in [-0.2, 0) is 9.47 Å². The van der Waals surface area contributed by atoms with Gasteiger partial charge in [0.25, 0.3) is 0 Å². The largest absolute Gasteiger partial charge is 0.490 e. The summed E-state index contributed by atoms with van der Waals surface area (Å²) >= 11 is 0. The Balaban J connectivity index is 1.56. The van der Waals surface area contributed by atoms with Gasteiger partial charge in [0.1, 0.15) is 30.6 Å². The molecule has 0 radical (unpaired) electrons. The number of hydrogen-bond acceptors (Lipinski definition) is 5. The molecule has 40 heavy (non-hydrogen) atoms. The van der Waals surface area contributed by atoms with E-state index in [2.05, 4.69) is 5.10 Å². The van der Waals surface area contributed by atoms with Gasteiger partial charge in [-0.3, -0.25) is 0 Å². The van der Waals surface area contributed by atoms with Crippen LogP contribution in [0.5, 0.6) is 5.75 Å². The van der Waals surface area contributed by atoms with Crippen molar-refractivity contribution in [2.24, 2.45) is 5.73 Å². The van der Waals surface area contributed by atoms with Crippen molar-refractivity contribution in [3.63, 3.8) is 0 Å². The Morgan fingerprint density at radius 2 is 1.75 bits per heavy atom. The maximum Gasteiger partial charge on any atom is 0.404 e. The van der Waals surface area contributed by atoms with E-state index in [0.29, 0.717) is 17.7 Å². The van der Waals surface area contributed by atoms with Gasteiger partial charge >= 0.3 is 6.09 Å². The molecule has 5 rings (SSSR count). The van der Waals surface area contributed by atoms with E-state index >= 15 is 0 Å². The summed E-state index contributed by atoms with van der Waals surface area (Å²) in [5.41, 5.74) is 9.81. The molecule has 1 amide bonds. The van der Waals surface area contributed by atoms with E-state index < -0.39 is 17.7 Å². The summed E-state index contributed by atoms with van der Waals surface area (Å²) in [6.07, 6.45) is 4.48. The van der Waals surface area contributed by atoms with Gasteiger partial charge in [0.2, 0.25) is 0 Å². The van der Waals surface area contributed by atoms with E-state index in [0.717, 1.165) is 65.1 Å². The summed E-state index contributed by atoms with van der Waals surface area (Å²) in [7, 11) is 0. The van der Waals surface area contributed by atoms with Crippen molar-refractivity contribution in [3.05, 3.63) is 95.2 Å². The second-order valence-corrected chi connectivity index (χ2v) is 9.59. The van der Waals surface area contributed by atoms with Crippen molar-refractivity contribution in [2.45, 2.75) is 38.8 Å². The van der Waals surface area contributed by atoms with Crippen LogP contribution >= 0.6 is 0 Å². The van der Waals surface area contributed by atoms with E-state index in [4.69, 9.17) is 19.9 Å². The highest BCUT2D eigenvalue weighted by atomic mass is 19.1. The molecule has 1 fully saturated rings. The molecule has 1 aromatic heterocycles. The Kier molecular flexibility index (Phi) is 8.40. The van der Waals surface area contributed by atoms with Crippen LogP contribution in [0.3, 0.4) is 0 Å². The molecule has 4 aromatic rings. The number of carbonyl (C=O) groups excluding carboxylic acids is 1. The smallest absolute Gasteiger partial charge is 0.404 e. The maximum atomic E-state index is 14.3. The van der Waals surface area contributed by atoms with Crippen molar-refractivity contribution >= 4 is 28.1 Å². The number of hydrogen-bond donors (Lipinski definition) is 1. The maximum absolute atomic E-state index is 14.3. The number of rotatable bonds is 9. The minimum absolute atomic E-state index is 0.0347. The molecule has 0 spiro atoms. The van der Waals surface area contributed by atoms with Crippen LogP contribution in [0.4, 0.5) is 13.6 Å². The van der Waals surface area contributed by atoms with Gasteiger partial charge in [-0.05, 0) is 89.9 Å². The monoisotopic (exact) mass is 547 g/mol. The lowest BCUT2D eigenvalue weighted by Gasteiger charge is -2.23. The van der Waals surface area contributed by atoms with Crippen molar-refractivity contribution in [3.8, 4) is 5.75 Å². The number of nitrogens with zero attached hydrogens (tertiary/aromatic N) is 2. The Morgan fingerprint density at radius 1 is 1.00 bits per heavy atom. The fourth-order valence-corrected chi connectivity index (χ4v) is 5.14. The van der Waals surface area contributed by atoms with Gasteiger partial charge in [0.15, 0.2) is 6.23 Å². The fraction of sp³-hybridized carbons (Fsp3) is 0.290. The number of aromatic nitrogens is 2. The van der Waals surface area contributed by atoms with E-state index in [9.17, 15) is 13.6 Å². The first-order valence-corrected chi connectivity index (χ1v) is 13.4. The van der Waals surface area contributed by atoms with Crippen molar-refractivity contribution < 1.29 is 27.8 Å². The van der Waals surface area contributed by atoms with E-state index in [-0.39, 0.29) is 19.4 Å². The number of carbonyl (C=O) groups is 1. The Morgan fingerprint density at radius 3 is 2.42 bits per heavy atom. The van der Waals surface area contributed by atoms with Crippen LogP contribution in [0.1, 0.15) is 55.5 Å².